The molecule has 3 nitrogen and oxygen atoms in total. The van der Waals surface area contributed by atoms with Crippen molar-refractivity contribution in [2.45, 2.75) is 45.1 Å². The maximum atomic E-state index is 10.2. The summed E-state index contributed by atoms with van der Waals surface area (Å²) < 4.78 is 0. The molecule has 100 valence electrons. The van der Waals surface area contributed by atoms with E-state index in [1.165, 1.54) is 25.7 Å². The van der Waals surface area contributed by atoms with Crippen molar-refractivity contribution in [2.75, 3.05) is 0 Å². The van der Waals surface area contributed by atoms with Gasteiger partial charge in [0.2, 0.25) is 0 Å². The number of rotatable bonds is 1. The molecule has 0 spiro atoms. The number of carbonyl (C=O) groups is 1. The predicted molar refractivity (Wildman–Crippen MR) is 73.6 cm³/mol. The second-order valence-corrected chi connectivity index (χ2v) is 5.32. The van der Waals surface area contributed by atoms with Crippen molar-refractivity contribution < 1.29 is 9.90 Å². The van der Waals surface area contributed by atoms with Crippen LogP contribution in [0.25, 0.3) is 0 Å². The molecular weight excluding hydrogens is 226 g/mol. The van der Waals surface area contributed by atoms with Crippen LogP contribution in [-0.4, -0.2) is 16.6 Å². The van der Waals surface area contributed by atoms with Gasteiger partial charge in [0, 0.05) is 5.54 Å². The van der Waals surface area contributed by atoms with Crippen LogP contribution in [0.4, 0.5) is 0 Å². The molecule has 3 heteroatoms. The first-order chi connectivity index (χ1) is 8.43. The zero-order chi connectivity index (χ0) is 13.6. The van der Waals surface area contributed by atoms with Crippen molar-refractivity contribution in [3.8, 4) is 0 Å². The van der Waals surface area contributed by atoms with Crippen LogP contribution in [0.2, 0.25) is 0 Å². The van der Waals surface area contributed by atoms with E-state index in [4.69, 9.17) is 10.8 Å². The van der Waals surface area contributed by atoms with Crippen molar-refractivity contribution in [1.82, 2.24) is 0 Å². The number of hydrogen-bond donors (Lipinski definition) is 2. The molecule has 0 saturated heterocycles. The van der Waals surface area contributed by atoms with Gasteiger partial charge in [-0.05, 0) is 37.8 Å². The molecule has 1 aliphatic rings. The normalized spacial score (nSPS) is 26.9. The summed E-state index contributed by atoms with van der Waals surface area (Å²) in [6.07, 6.45) is 5.26. The highest BCUT2D eigenvalue weighted by Gasteiger charge is 2.28. The number of nitrogens with two attached hydrogens (primary N) is 1. The molecule has 0 aliphatic heterocycles. The van der Waals surface area contributed by atoms with Crippen molar-refractivity contribution in [3.05, 3.63) is 35.9 Å². The Hall–Kier alpha value is -1.35. The van der Waals surface area contributed by atoms with E-state index in [1.54, 1.807) is 30.3 Å². The Balaban J connectivity index is 0.000000180. The Labute approximate surface area is 109 Å². The van der Waals surface area contributed by atoms with Gasteiger partial charge in [0.25, 0.3) is 0 Å². The maximum Gasteiger partial charge on any atom is 0.335 e. The minimum atomic E-state index is -0.879. The van der Waals surface area contributed by atoms with Crippen LogP contribution < -0.4 is 5.73 Å². The second kappa shape index (κ2) is 6.55. The van der Waals surface area contributed by atoms with Gasteiger partial charge in [-0.1, -0.05) is 38.0 Å². The molecule has 2 unspecified atom stereocenters. The van der Waals surface area contributed by atoms with Crippen LogP contribution in [0.15, 0.2) is 30.3 Å². The van der Waals surface area contributed by atoms with E-state index in [-0.39, 0.29) is 5.54 Å². The SMILES string of the molecule is CC1CCCCC1(C)N.O=C(O)c1ccccc1. The van der Waals surface area contributed by atoms with Gasteiger partial charge in [-0.3, -0.25) is 0 Å². The fourth-order valence-electron chi connectivity index (χ4n) is 2.11. The molecule has 2 atom stereocenters. The topological polar surface area (TPSA) is 63.3 Å². The second-order valence-electron chi connectivity index (χ2n) is 5.32. The standard InChI is InChI=1S/C8H17N.C7H6O2/c1-7-5-3-4-6-8(7,2)9;8-7(9)6-4-2-1-3-5-6/h7H,3-6,9H2,1-2H3;1-5H,(H,8,9). The Bertz CT molecular complexity index is 373. The summed E-state index contributed by atoms with van der Waals surface area (Å²) in [5.74, 6) is -0.151. The first-order valence-electron chi connectivity index (χ1n) is 6.50. The summed E-state index contributed by atoms with van der Waals surface area (Å²) in [5.41, 5.74) is 6.49. The Morgan fingerprint density at radius 1 is 1.33 bits per heavy atom. The van der Waals surface area contributed by atoms with E-state index < -0.39 is 5.97 Å². The molecule has 1 fully saturated rings. The molecule has 3 N–H and O–H groups in total. The van der Waals surface area contributed by atoms with Crippen molar-refractivity contribution in [2.24, 2.45) is 11.7 Å². The average molecular weight is 249 g/mol. The third-order valence-corrected chi connectivity index (χ3v) is 3.75. The fourth-order valence-corrected chi connectivity index (χ4v) is 2.11. The zero-order valence-electron chi connectivity index (χ0n) is 11.2. The highest BCUT2D eigenvalue weighted by atomic mass is 16.4. The molecule has 18 heavy (non-hydrogen) atoms. The summed E-state index contributed by atoms with van der Waals surface area (Å²) in [7, 11) is 0. The quantitative estimate of drug-likeness (QED) is 0.802. The number of hydrogen-bond acceptors (Lipinski definition) is 2. The van der Waals surface area contributed by atoms with Gasteiger partial charge in [0.15, 0.2) is 0 Å². The number of aromatic carboxylic acids is 1. The number of carboxylic acid groups (broad SMARTS) is 1. The minimum absolute atomic E-state index is 0.137. The van der Waals surface area contributed by atoms with Crippen molar-refractivity contribution >= 4 is 5.97 Å². The van der Waals surface area contributed by atoms with E-state index in [0.717, 1.165) is 5.92 Å². The Morgan fingerprint density at radius 3 is 2.28 bits per heavy atom. The number of carboxylic acids is 1. The van der Waals surface area contributed by atoms with Gasteiger partial charge >= 0.3 is 5.97 Å². The number of benzene rings is 1. The average Bonchev–Trinajstić information content (AvgIpc) is 2.35. The lowest BCUT2D eigenvalue weighted by molar-refractivity contribution is 0.0697. The first kappa shape index (κ1) is 14.7. The van der Waals surface area contributed by atoms with Crippen molar-refractivity contribution in [3.63, 3.8) is 0 Å². The summed E-state index contributed by atoms with van der Waals surface area (Å²) in [4.78, 5) is 10.2. The minimum Gasteiger partial charge on any atom is -0.478 e. The lowest BCUT2D eigenvalue weighted by atomic mass is 9.76. The lowest BCUT2D eigenvalue weighted by Crippen LogP contribution is -2.44. The smallest absolute Gasteiger partial charge is 0.335 e. The van der Waals surface area contributed by atoms with Crippen LogP contribution in [0.1, 0.15) is 49.9 Å². The van der Waals surface area contributed by atoms with E-state index >= 15 is 0 Å². The predicted octanol–water partition coefficient (Wildman–Crippen LogP) is 3.30. The van der Waals surface area contributed by atoms with Crippen LogP contribution >= 0.6 is 0 Å². The molecule has 1 aliphatic carbocycles. The van der Waals surface area contributed by atoms with Gasteiger partial charge in [-0.2, -0.15) is 0 Å². The largest absolute Gasteiger partial charge is 0.478 e. The van der Waals surface area contributed by atoms with Gasteiger partial charge in [-0.15, -0.1) is 0 Å². The van der Waals surface area contributed by atoms with E-state index in [1.807, 2.05) is 0 Å². The molecule has 0 radical (unpaired) electrons. The maximum absolute atomic E-state index is 10.2. The fraction of sp³-hybridized carbons (Fsp3) is 0.533. The van der Waals surface area contributed by atoms with Crippen LogP contribution in [0, 0.1) is 5.92 Å². The molecule has 1 aromatic rings. The summed E-state index contributed by atoms with van der Waals surface area (Å²) in [6.45, 7) is 4.44. The molecule has 0 heterocycles. The molecular formula is C15H23NO2. The van der Waals surface area contributed by atoms with E-state index in [2.05, 4.69) is 13.8 Å². The molecule has 1 saturated carbocycles. The van der Waals surface area contributed by atoms with E-state index in [9.17, 15) is 4.79 Å². The highest BCUT2D eigenvalue weighted by molar-refractivity contribution is 5.87. The molecule has 1 aromatic carbocycles. The van der Waals surface area contributed by atoms with Crippen LogP contribution in [-0.2, 0) is 0 Å². The lowest BCUT2D eigenvalue weighted by Gasteiger charge is -2.35. The summed E-state index contributed by atoms with van der Waals surface area (Å²) in [5, 5.41) is 8.38. The van der Waals surface area contributed by atoms with Gasteiger partial charge in [0.05, 0.1) is 5.56 Å². The molecule has 0 amide bonds. The van der Waals surface area contributed by atoms with Gasteiger partial charge in [-0.25, -0.2) is 4.79 Å². The molecule has 0 bridgehead atoms. The molecule has 0 aromatic heterocycles. The first-order valence-corrected chi connectivity index (χ1v) is 6.50. The van der Waals surface area contributed by atoms with Gasteiger partial charge < -0.3 is 10.8 Å². The highest BCUT2D eigenvalue weighted by Crippen LogP contribution is 2.30. The zero-order valence-corrected chi connectivity index (χ0v) is 11.2. The van der Waals surface area contributed by atoms with E-state index in [0.29, 0.717) is 5.56 Å². The van der Waals surface area contributed by atoms with Crippen LogP contribution in [0.3, 0.4) is 0 Å². The van der Waals surface area contributed by atoms with Crippen LogP contribution in [0.5, 0.6) is 0 Å². The Morgan fingerprint density at radius 2 is 1.94 bits per heavy atom. The summed E-state index contributed by atoms with van der Waals surface area (Å²) in [6, 6.07) is 8.30. The summed E-state index contributed by atoms with van der Waals surface area (Å²) >= 11 is 0. The molecule has 2 rings (SSSR count). The third kappa shape index (κ3) is 4.49. The monoisotopic (exact) mass is 249 g/mol. The van der Waals surface area contributed by atoms with Gasteiger partial charge in [0.1, 0.15) is 0 Å². The third-order valence-electron chi connectivity index (χ3n) is 3.75. The van der Waals surface area contributed by atoms with Crippen molar-refractivity contribution in [1.29, 1.82) is 0 Å². The Kier molecular flexibility index (Phi) is 5.35.